The van der Waals surface area contributed by atoms with E-state index in [1.54, 1.807) is 4.90 Å². The molecule has 1 aromatic carbocycles. The van der Waals surface area contributed by atoms with Crippen molar-refractivity contribution >= 4 is 17.4 Å². The number of hydrogen-bond donors (Lipinski definition) is 0. The van der Waals surface area contributed by atoms with E-state index in [1.165, 1.54) is 23.1 Å². The van der Waals surface area contributed by atoms with Gasteiger partial charge in [0.1, 0.15) is 23.8 Å². The summed E-state index contributed by atoms with van der Waals surface area (Å²) in [5, 5.41) is 9.44. The molecule has 3 atom stereocenters. The van der Waals surface area contributed by atoms with E-state index in [0.29, 0.717) is 50.1 Å². The monoisotopic (exact) mass is 601 g/mol. The van der Waals surface area contributed by atoms with Gasteiger partial charge in [0.2, 0.25) is 5.91 Å². The fourth-order valence-electron chi connectivity index (χ4n) is 6.44. The van der Waals surface area contributed by atoms with Gasteiger partial charge in [-0.15, -0.1) is 0 Å². The smallest absolute Gasteiger partial charge is 0.421 e. The van der Waals surface area contributed by atoms with Gasteiger partial charge >= 0.3 is 12.2 Å². The van der Waals surface area contributed by atoms with Crippen molar-refractivity contribution in [2.75, 3.05) is 56.2 Å². The summed E-state index contributed by atoms with van der Waals surface area (Å²) in [6.45, 7) is 8.36. The van der Waals surface area contributed by atoms with Crippen LogP contribution in [0.25, 0.3) is 0 Å². The number of anilines is 2. The van der Waals surface area contributed by atoms with E-state index >= 15 is 0 Å². The fourth-order valence-corrected chi connectivity index (χ4v) is 6.44. The first-order valence-corrected chi connectivity index (χ1v) is 14.4. The predicted molar refractivity (Wildman–Crippen MR) is 152 cm³/mol. The lowest BCUT2D eigenvalue weighted by atomic mass is 10.0. The molecule has 2 fully saturated rings. The van der Waals surface area contributed by atoms with Crippen molar-refractivity contribution in [1.29, 1.82) is 5.26 Å². The Balaban J connectivity index is 1.49. The number of amides is 1. The summed E-state index contributed by atoms with van der Waals surface area (Å²) in [7, 11) is 2.03. The summed E-state index contributed by atoms with van der Waals surface area (Å²) in [6.07, 6.45) is -2.25. The van der Waals surface area contributed by atoms with Gasteiger partial charge in [0, 0.05) is 44.3 Å². The number of likely N-dealkylation sites (N-methyl/N-ethyl adjacent to an activating group) is 1. The van der Waals surface area contributed by atoms with Crippen LogP contribution in [0, 0.1) is 23.1 Å². The van der Waals surface area contributed by atoms with Crippen molar-refractivity contribution in [3.05, 3.63) is 53.5 Å². The number of alkyl halides is 3. The van der Waals surface area contributed by atoms with Crippen molar-refractivity contribution in [2.24, 2.45) is 5.92 Å². The first kappa shape index (κ1) is 30.5. The molecule has 1 unspecified atom stereocenters. The number of fused-ring (bicyclic) bond motifs is 1. The third-order valence-electron chi connectivity index (χ3n) is 8.51. The molecule has 4 heterocycles. The van der Waals surface area contributed by atoms with E-state index in [1.807, 2.05) is 11.9 Å². The maximum absolute atomic E-state index is 14.4. The maximum atomic E-state index is 14.4. The second kappa shape index (κ2) is 12.4. The first-order valence-electron chi connectivity index (χ1n) is 14.4. The van der Waals surface area contributed by atoms with E-state index in [4.69, 9.17) is 9.72 Å². The summed E-state index contributed by atoms with van der Waals surface area (Å²) in [5.41, 5.74) is -0.282. The van der Waals surface area contributed by atoms with Gasteiger partial charge in [-0.1, -0.05) is 19.6 Å². The Bertz CT molecular complexity index is 1410. The minimum atomic E-state index is -4.87. The predicted octanol–water partition coefficient (Wildman–Crippen LogP) is 4.03. The van der Waals surface area contributed by atoms with Crippen LogP contribution in [-0.4, -0.2) is 84.1 Å². The quantitative estimate of drug-likeness (QED) is 0.347. The zero-order valence-corrected chi connectivity index (χ0v) is 24.3. The largest absolute Gasteiger partial charge is 0.462 e. The highest BCUT2D eigenvalue weighted by Gasteiger charge is 2.40. The van der Waals surface area contributed by atoms with E-state index < -0.39 is 23.6 Å². The van der Waals surface area contributed by atoms with Crippen molar-refractivity contribution in [1.82, 2.24) is 19.8 Å². The Labute approximate surface area is 248 Å². The lowest BCUT2D eigenvalue weighted by Gasteiger charge is -2.42. The fraction of sp³-hybridized carbons (Fsp3) is 0.533. The molecule has 0 saturated carbocycles. The maximum Gasteiger partial charge on any atom is 0.421 e. The molecule has 2 aromatic rings. The molecule has 5 rings (SSSR count). The molecule has 0 bridgehead atoms. The normalized spacial score (nSPS) is 22.7. The number of piperazine rings is 1. The van der Waals surface area contributed by atoms with Crippen molar-refractivity contribution in [2.45, 2.75) is 51.0 Å². The molecule has 9 nitrogen and oxygen atoms in total. The molecule has 13 heteroatoms. The number of aromatic nitrogens is 2. The van der Waals surface area contributed by atoms with Crippen molar-refractivity contribution < 1.29 is 27.1 Å². The van der Waals surface area contributed by atoms with Crippen LogP contribution in [-0.2, 0) is 23.9 Å². The highest BCUT2D eigenvalue weighted by atomic mass is 19.4. The average Bonchev–Trinajstić information content (AvgIpc) is 3.30. The summed E-state index contributed by atoms with van der Waals surface area (Å²) in [5.74, 6) is -0.479. The number of nitriles is 1. The van der Waals surface area contributed by atoms with Gasteiger partial charge in [-0.3, -0.25) is 9.69 Å². The minimum absolute atomic E-state index is 0.00461. The molecule has 1 aromatic heterocycles. The van der Waals surface area contributed by atoms with E-state index in [9.17, 15) is 27.6 Å². The average molecular weight is 602 g/mol. The van der Waals surface area contributed by atoms with Gasteiger partial charge < -0.3 is 19.4 Å². The molecule has 3 aliphatic heterocycles. The molecular weight excluding hydrogens is 566 g/mol. The van der Waals surface area contributed by atoms with Crippen LogP contribution in [0.2, 0.25) is 0 Å². The summed E-state index contributed by atoms with van der Waals surface area (Å²) in [4.78, 5) is 29.2. The number of rotatable bonds is 7. The molecular formula is C30H35F4N7O2. The zero-order valence-electron chi connectivity index (χ0n) is 24.3. The summed E-state index contributed by atoms with van der Waals surface area (Å²) in [6, 6.07) is 5.40. The second-order valence-corrected chi connectivity index (χ2v) is 11.5. The lowest BCUT2D eigenvalue weighted by Crippen LogP contribution is -2.55. The summed E-state index contributed by atoms with van der Waals surface area (Å²) >= 11 is 0. The number of carbonyl (C=O) groups is 1. The minimum Gasteiger partial charge on any atom is -0.462 e. The molecule has 230 valence electrons. The van der Waals surface area contributed by atoms with Crippen LogP contribution < -0.4 is 14.5 Å². The van der Waals surface area contributed by atoms with Gasteiger partial charge in [0.15, 0.2) is 0 Å². The molecule has 0 spiro atoms. The van der Waals surface area contributed by atoms with E-state index in [0.717, 1.165) is 24.6 Å². The van der Waals surface area contributed by atoms with Crippen LogP contribution in [0.15, 0.2) is 30.9 Å². The third-order valence-corrected chi connectivity index (χ3v) is 8.51. The molecule has 0 aliphatic carbocycles. The highest BCUT2D eigenvalue weighted by Crippen LogP contribution is 2.40. The zero-order chi connectivity index (χ0) is 30.9. The Kier molecular flexibility index (Phi) is 8.78. The van der Waals surface area contributed by atoms with Crippen molar-refractivity contribution in [3.63, 3.8) is 0 Å². The first-order chi connectivity index (χ1) is 20.5. The van der Waals surface area contributed by atoms with Crippen LogP contribution >= 0.6 is 0 Å². The van der Waals surface area contributed by atoms with Gasteiger partial charge in [0.05, 0.1) is 36.5 Å². The Morgan fingerprint density at radius 2 is 1.98 bits per heavy atom. The molecule has 43 heavy (non-hydrogen) atoms. The Morgan fingerprint density at radius 3 is 2.65 bits per heavy atom. The van der Waals surface area contributed by atoms with Gasteiger partial charge in [-0.25, -0.2) is 4.39 Å². The SMILES string of the molecule is C=CC(=O)N1CCN(c2nc(OC[C@H]3C[C@@H](C)CN3C)nc3c2CCN(c2cccc(F)c2C(F)(F)F)C3)CC1CC#N. The lowest BCUT2D eigenvalue weighted by molar-refractivity contribution is -0.139. The Morgan fingerprint density at radius 1 is 1.19 bits per heavy atom. The number of benzene rings is 1. The van der Waals surface area contributed by atoms with Crippen LogP contribution in [0.4, 0.5) is 29.1 Å². The molecule has 0 N–H and O–H groups in total. The number of carbonyl (C=O) groups excluding carboxylic acids is 1. The van der Waals surface area contributed by atoms with Gasteiger partial charge in [-0.2, -0.15) is 28.4 Å². The van der Waals surface area contributed by atoms with Gasteiger partial charge in [0.25, 0.3) is 0 Å². The number of ether oxygens (including phenoxy) is 1. The molecule has 1 amide bonds. The number of halogens is 4. The summed E-state index contributed by atoms with van der Waals surface area (Å²) < 4.78 is 62.2. The number of likely N-dealkylation sites (tertiary alicyclic amines) is 1. The van der Waals surface area contributed by atoms with Crippen LogP contribution in [0.3, 0.4) is 0 Å². The topological polar surface area (TPSA) is 88.8 Å². The molecule has 2 saturated heterocycles. The number of hydrogen-bond acceptors (Lipinski definition) is 8. The molecule has 0 radical (unpaired) electrons. The third kappa shape index (κ3) is 6.39. The highest BCUT2D eigenvalue weighted by molar-refractivity contribution is 5.87. The number of nitrogens with zero attached hydrogens (tertiary/aromatic N) is 7. The van der Waals surface area contributed by atoms with E-state index in [-0.39, 0.29) is 43.2 Å². The standard InChI is InChI=1S/C30H35F4N7O2/c1-4-26(42)41-13-12-40(16-20(41)8-10-35)28-22-9-11-39(25-7-5-6-23(31)27(25)30(32,33)34)17-24(22)36-29(37-28)43-18-21-14-19(2)15-38(21)3/h4-7,19-21H,1,8-9,11-18H2,2-3H3/t19-,20?,21-/m1/s1. The Hall–Kier alpha value is -3.92. The van der Waals surface area contributed by atoms with Crippen LogP contribution in [0.1, 0.15) is 36.6 Å². The molecule has 3 aliphatic rings. The van der Waals surface area contributed by atoms with E-state index in [2.05, 4.69) is 29.5 Å². The second-order valence-electron chi connectivity index (χ2n) is 11.5. The van der Waals surface area contributed by atoms with Crippen molar-refractivity contribution in [3.8, 4) is 12.1 Å². The van der Waals surface area contributed by atoms with Crippen LogP contribution in [0.5, 0.6) is 6.01 Å². The van der Waals surface area contributed by atoms with Gasteiger partial charge in [-0.05, 0) is 44.0 Å².